The summed E-state index contributed by atoms with van der Waals surface area (Å²) in [7, 11) is -1.36. The van der Waals surface area contributed by atoms with Crippen LogP contribution in [0.5, 0.6) is 0 Å². The van der Waals surface area contributed by atoms with Crippen LogP contribution in [0, 0.1) is 0 Å². The fraction of sp³-hybridized carbons (Fsp3) is 0.333. The SMILES string of the molecule is C[P+](CCCCCCCCCN1C(=O)c2ccccc2C1=O)(c1ccccc1)c1ccccc1. The molecular formula is C30H35NO2P+. The Morgan fingerprint density at radius 3 is 1.47 bits per heavy atom. The highest BCUT2D eigenvalue weighted by Crippen LogP contribution is 2.53. The van der Waals surface area contributed by atoms with Crippen LogP contribution in [0.25, 0.3) is 0 Å². The van der Waals surface area contributed by atoms with Gasteiger partial charge in [0.2, 0.25) is 0 Å². The molecule has 176 valence electrons. The first-order valence-electron chi connectivity index (χ1n) is 12.5. The van der Waals surface area contributed by atoms with Gasteiger partial charge in [-0.05, 0) is 55.7 Å². The van der Waals surface area contributed by atoms with Gasteiger partial charge in [0, 0.05) is 6.54 Å². The van der Waals surface area contributed by atoms with Gasteiger partial charge in [-0.2, -0.15) is 0 Å². The van der Waals surface area contributed by atoms with E-state index in [1.807, 2.05) is 12.1 Å². The quantitative estimate of drug-likeness (QED) is 0.176. The normalized spacial score (nSPS) is 13.4. The lowest BCUT2D eigenvalue weighted by molar-refractivity contribution is 0.0651. The average Bonchev–Trinajstić information content (AvgIpc) is 3.13. The number of rotatable bonds is 12. The Bertz CT molecular complexity index is 1020. The number of hydrogen-bond donors (Lipinski definition) is 0. The minimum atomic E-state index is -1.36. The minimum Gasteiger partial charge on any atom is -0.274 e. The Balaban J connectivity index is 1.16. The Morgan fingerprint density at radius 2 is 0.971 bits per heavy atom. The number of benzene rings is 3. The number of imide groups is 1. The minimum absolute atomic E-state index is 0.135. The summed E-state index contributed by atoms with van der Waals surface area (Å²) >= 11 is 0. The zero-order chi connectivity index (χ0) is 23.8. The van der Waals surface area contributed by atoms with Crippen molar-refractivity contribution in [2.45, 2.75) is 44.9 Å². The van der Waals surface area contributed by atoms with Crippen molar-refractivity contribution >= 4 is 29.7 Å². The molecule has 4 heteroatoms. The zero-order valence-electron chi connectivity index (χ0n) is 20.2. The van der Waals surface area contributed by atoms with Gasteiger partial charge in [0.05, 0.1) is 41.8 Å². The first-order valence-corrected chi connectivity index (χ1v) is 15.0. The van der Waals surface area contributed by atoms with Crippen LogP contribution in [0.15, 0.2) is 84.9 Å². The highest BCUT2D eigenvalue weighted by atomic mass is 31.2. The molecule has 0 spiro atoms. The van der Waals surface area contributed by atoms with Gasteiger partial charge in [0.15, 0.2) is 0 Å². The summed E-state index contributed by atoms with van der Waals surface area (Å²) in [5.41, 5.74) is 1.10. The maximum Gasteiger partial charge on any atom is 0.261 e. The molecule has 0 atom stereocenters. The van der Waals surface area contributed by atoms with E-state index in [4.69, 9.17) is 0 Å². The lowest BCUT2D eigenvalue weighted by Crippen LogP contribution is -2.30. The fourth-order valence-electron chi connectivity index (χ4n) is 4.95. The van der Waals surface area contributed by atoms with Crippen molar-refractivity contribution in [3.8, 4) is 0 Å². The predicted octanol–water partition coefficient (Wildman–Crippen LogP) is 6.31. The molecule has 1 aliphatic heterocycles. The molecule has 0 radical (unpaired) electrons. The molecule has 3 nitrogen and oxygen atoms in total. The van der Waals surface area contributed by atoms with Crippen LogP contribution < -0.4 is 10.6 Å². The Hall–Kier alpha value is -2.77. The molecule has 0 fully saturated rings. The van der Waals surface area contributed by atoms with Gasteiger partial charge < -0.3 is 0 Å². The number of carbonyl (C=O) groups is 2. The van der Waals surface area contributed by atoms with Gasteiger partial charge in [0.1, 0.15) is 0 Å². The van der Waals surface area contributed by atoms with Crippen LogP contribution in [0.3, 0.4) is 0 Å². The summed E-state index contributed by atoms with van der Waals surface area (Å²) in [4.78, 5) is 26.3. The molecule has 0 unspecified atom stereocenters. The van der Waals surface area contributed by atoms with E-state index in [0.29, 0.717) is 17.7 Å². The van der Waals surface area contributed by atoms with Gasteiger partial charge in [-0.1, -0.05) is 74.2 Å². The average molecular weight is 473 g/mol. The van der Waals surface area contributed by atoms with E-state index < -0.39 is 7.26 Å². The molecule has 3 aromatic carbocycles. The first-order chi connectivity index (χ1) is 16.6. The molecule has 4 rings (SSSR count). The monoisotopic (exact) mass is 472 g/mol. The van der Waals surface area contributed by atoms with Crippen molar-refractivity contribution in [2.75, 3.05) is 19.4 Å². The van der Waals surface area contributed by atoms with E-state index in [2.05, 4.69) is 67.3 Å². The summed E-state index contributed by atoms with van der Waals surface area (Å²) in [6.07, 6.45) is 9.33. The largest absolute Gasteiger partial charge is 0.274 e. The smallest absolute Gasteiger partial charge is 0.261 e. The van der Waals surface area contributed by atoms with Crippen molar-refractivity contribution in [3.05, 3.63) is 96.1 Å². The van der Waals surface area contributed by atoms with Crippen LogP contribution in [0.2, 0.25) is 0 Å². The number of nitrogens with zero attached hydrogens (tertiary/aromatic N) is 1. The van der Waals surface area contributed by atoms with Gasteiger partial charge >= 0.3 is 0 Å². The number of carbonyl (C=O) groups excluding carboxylic acids is 2. The van der Waals surface area contributed by atoms with Crippen LogP contribution in [-0.2, 0) is 0 Å². The Kier molecular flexibility index (Phi) is 8.29. The molecule has 34 heavy (non-hydrogen) atoms. The molecule has 1 heterocycles. The van der Waals surface area contributed by atoms with Gasteiger partial charge in [-0.25, -0.2) is 0 Å². The topological polar surface area (TPSA) is 37.4 Å². The number of unbranched alkanes of at least 4 members (excludes halogenated alkanes) is 6. The van der Waals surface area contributed by atoms with E-state index in [9.17, 15) is 9.59 Å². The zero-order valence-corrected chi connectivity index (χ0v) is 21.1. The maximum atomic E-state index is 12.4. The van der Waals surface area contributed by atoms with E-state index in [-0.39, 0.29) is 11.8 Å². The van der Waals surface area contributed by atoms with Crippen molar-refractivity contribution in [3.63, 3.8) is 0 Å². The van der Waals surface area contributed by atoms with Crippen LogP contribution in [0.4, 0.5) is 0 Å². The fourth-order valence-corrected chi connectivity index (χ4v) is 8.28. The first kappa shape index (κ1) is 24.4. The molecule has 0 aromatic heterocycles. The van der Waals surface area contributed by atoms with Crippen LogP contribution in [-0.4, -0.2) is 36.1 Å². The third-order valence-electron chi connectivity index (χ3n) is 7.02. The standard InChI is InChI=1S/C30H35NO2P/c1-34(25-17-9-7-10-18-25,26-19-11-8-12-20-26)24-16-6-4-2-3-5-15-23-31-29(32)27-21-13-14-22-28(27)30(31)33/h7-14,17-22H,2-6,15-16,23-24H2,1H3/q+1. The summed E-state index contributed by atoms with van der Waals surface area (Å²) in [6.45, 7) is 3.01. The molecule has 3 aromatic rings. The summed E-state index contributed by atoms with van der Waals surface area (Å²) in [5, 5.41) is 2.99. The van der Waals surface area contributed by atoms with Crippen LogP contribution in [0.1, 0.15) is 65.7 Å². The van der Waals surface area contributed by atoms with Gasteiger partial charge in [-0.15, -0.1) is 0 Å². The summed E-state index contributed by atoms with van der Waals surface area (Å²) in [5.74, 6) is -0.271. The van der Waals surface area contributed by atoms with Gasteiger partial charge in [0.25, 0.3) is 11.8 Å². The van der Waals surface area contributed by atoms with Crippen LogP contribution >= 0.6 is 7.26 Å². The predicted molar refractivity (Wildman–Crippen MR) is 144 cm³/mol. The number of amides is 2. The molecule has 2 amide bonds. The Morgan fingerprint density at radius 1 is 0.559 bits per heavy atom. The Labute approximate surface area is 204 Å². The molecule has 0 N–H and O–H groups in total. The third-order valence-corrected chi connectivity index (χ3v) is 11.1. The second-order valence-electron chi connectivity index (χ2n) is 9.37. The van der Waals surface area contributed by atoms with Crippen molar-refractivity contribution in [1.82, 2.24) is 4.90 Å². The van der Waals surface area contributed by atoms with E-state index >= 15 is 0 Å². The van der Waals surface area contributed by atoms with Crippen molar-refractivity contribution in [1.29, 1.82) is 0 Å². The second kappa shape index (κ2) is 11.6. The van der Waals surface area contributed by atoms with E-state index in [1.54, 1.807) is 12.1 Å². The second-order valence-corrected chi connectivity index (χ2v) is 13.2. The maximum absolute atomic E-state index is 12.4. The molecular weight excluding hydrogens is 437 g/mol. The molecule has 0 aliphatic carbocycles. The molecule has 0 saturated carbocycles. The molecule has 0 saturated heterocycles. The van der Waals surface area contributed by atoms with Gasteiger partial charge in [-0.3, -0.25) is 14.5 Å². The summed E-state index contributed by atoms with van der Waals surface area (Å²) in [6, 6.07) is 29.2. The highest BCUT2D eigenvalue weighted by Gasteiger charge is 2.36. The lowest BCUT2D eigenvalue weighted by atomic mass is 10.1. The number of fused-ring (bicyclic) bond motifs is 1. The van der Waals surface area contributed by atoms with Crippen molar-refractivity contribution < 1.29 is 9.59 Å². The molecule has 0 bridgehead atoms. The lowest BCUT2D eigenvalue weighted by Gasteiger charge is -2.23. The van der Waals surface area contributed by atoms with E-state index in [1.165, 1.54) is 47.4 Å². The summed E-state index contributed by atoms with van der Waals surface area (Å²) < 4.78 is 0. The highest BCUT2D eigenvalue weighted by molar-refractivity contribution is 7.88. The third kappa shape index (κ3) is 5.47. The van der Waals surface area contributed by atoms with Crippen molar-refractivity contribution in [2.24, 2.45) is 0 Å². The van der Waals surface area contributed by atoms with E-state index in [0.717, 1.165) is 19.3 Å². The molecule has 1 aliphatic rings. The number of hydrogen-bond acceptors (Lipinski definition) is 2.